The van der Waals surface area contributed by atoms with Crippen molar-refractivity contribution in [2.75, 3.05) is 4.72 Å². The molecule has 0 radical (unpaired) electrons. The maximum atomic E-state index is 12.3. The van der Waals surface area contributed by atoms with Crippen LogP contribution in [0.15, 0.2) is 20.1 Å². The minimum absolute atomic E-state index is 0.313. The van der Waals surface area contributed by atoms with E-state index in [0.717, 1.165) is 27.2 Å². The first-order chi connectivity index (χ1) is 8.95. The Morgan fingerprint density at radius 1 is 1.47 bits per heavy atom. The Balaban J connectivity index is 1.86. The van der Waals surface area contributed by atoms with Gasteiger partial charge in [0.2, 0.25) is 0 Å². The third kappa shape index (κ3) is 2.86. The third-order valence-electron chi connectivity index (χ3n) is 2.87. The second kappa shape index (κ2) is 4.83. The molecule has 1 aliphatic carbocycles. The molecule has 102 valence electrons. The minimum Gasteiger partial charge on any atom is -0.255 e. The van der Waals surface area contributed by atoms with E-state index in [4.69, 9.17) is 0 Å². The van der Waals surface area contributed by atoms with Crippen molar-refractivity contribution < 1.29 is 8.42 Å². The van der Waals surface area contributed by atoms with E-state index in [1.54, 1.807) is 13.0 Å². The van der Waals surface area contributed by atoms with Gasteiger partial charge in [-0.3, -0.25) is 4.72 Å². The quantitative estimate of drug-likeness (QED) is 0.875. The van der Waals surface area contributed by atoms with Crippen LogP contribution in [-0.4, -0.2) is 13.4 Å². The van der Waals surface area contributed by atoms with Crippen LogP contribution in [0.1, 0.15) is 29.3 Å². The summed E-state index contributed by atoms with van der Waals surface area (Å²) in [4.78, 5) is 5.41. The molecule has 19 heavy (non-hydrogen) atoms. The molecule has 0 amide bonds. The standard InChI is InChI=1S/C11H11BrN2O2S3/c1-6-9(4-10(12)18-6)19(15,16)14-11-13-8(5-17-11)7-2-3-7/h4-5,7H,2-3H2,1H3,(H,13,14). The molecule has 1 N–H and O–H groups in total. The lowest BCUT2D eigenvalue weighted by atomic mass is 10.3. The zero-order chi connectivity index (χ0) is 13.6. The van der Waals surface area contributed by atoms with E-state index in [-0.39, 0.29) is 0 Å². The van der Waals surface area contributed by atoms with Gasteiger partial charge in [-0.1, -0.05) is 0 Å². The van der Waals surface area contributed by atoms with Gasteiger partial charge in [0.05, 0.1) is 9.48 Å². The maximum Gasteiger partial charge on any atom is 0.264 e. The molecule has 0 saturated heterocycles. The fourth-order valence-electron chi connectivity index (χ4n) is 1.77. The molecule has 1 saturated carbocycles. The van der Waals surface area contributed by atoms with Crippen molar-refractivity contribution in [3.63, 3.8) is 0 Å². The van der Waals surface area contributed by atoms with Gasteiger partial charge in [-0.15, -0.1) is 22.7 Å². The Hall–Kier alpha value is -0.440. The minimum atomic E-state index is -3.54. The van der Waals surface area contributed by atoms with Crippen molar-refractivity contribution in [2.24, 2.45) is 0 Å². The van der Waals surface area contributed by atoms with Gasteiger partial charge in [0.25, 0.3) is 10.0 Å². The van der Waals surface area contributed by atoms with Crippen molar-refractivity contribution in [1.29, 1.82) is 0 Å². The Bertz CT molecular complexity index is 716. The predicted molar refractivity (Wildman–Crippen MR) is 81.7 cm³/mol. The highest BCUT2D eigenvalue weighted by Crippen LogP contribution is 2.41. The number of sulfonamides is 1. The van der Waals surface area contributed by atoms with Gasteiger partial charge in [0, 0.05) is 16.2 Å². The van der Waals surface area contributed by atoms with Crippen LogP contribution in [0.25, 0.3) is 0 Å². The van der Waals surface area contributed by atoms with Gasteiger partial charge in [-0.05, 0) is 41.8 Å². The largest absolute Gasteiger partial charge is 0.264 e. The summed E-state index contributed by atoms with van der Waals surface area (Å²) in [5.74, 6) is 0.534. The monoisotopic (exact) mass is 378 g/mol. The Morgan fingerprint density at radius 3 is 2.79 bits per heavy atom. The van der Waals surface area contributed by atoms with Crippen LogP contribution in [0.4, 0.5) is 5.13 Å². The lowest BCUT2D eigenvalue weighted by Crippen LogP contribution is -2.12. The molecule has 3 rings (SSSR count). The number of thiazole rings is 1. The maximum absolute atomic E-state index is 12.3. The van der Waals surface area contributed by atoms with Crippen molar-refractivity contribution in [1.82, 2.24) is 4.98 Å². The summed E-state index contributed by atoms with van der Waals surface area (Å²) in [5, 5.41) is 2.38. The second-order valence-corrected chi connectivity index (χ2v) is 9.57. The summed E-state index contributed by atoms with van der Waals surface area (Å²) in [6, 6.07) is 1.62. The van der Waals surface area contributed by atoms with Gasteiger partial charge < -0.3 is 0 Å². The fraction of sp³-hybridized carbons (Fsp3) is 0.364. The Labute approximate surface area is 128 Å². The molecule has 2 aromatic rings. The normalized spacial score (nSPS) is 15.7. The molecule has 1 aliphatic rings. The summed E-state index contributed by atoms with van der Waals surface area (Å²) in [5.41, 5.74) is 1.01. The molecule has 1 fully saturated rings. The molecule has 2 heterocycles. The Kier molecular flexibility index (Phi) is 3.45. The van der Waals surface area contributed by atoms with E-state index in [9.17, 15) is 8.42 Å². The molecule has 4 nitrogen and oxygen atoms in total. The lowest BCUT2D eigenvalue weighted by Gasteiger charge is -2.03. The number of hydrogen-bond acceptors (Lipinski definition) is 5. The van der Waals surface area contributed by atoms with E-state index in [1.807, 2.05) is 5.38 Å². The number of hydrogen-bond donors (Lipinski definition) is 1. The van der Waals surface area contributed by atoms with Crippen LogP contribution in [-0.2, 0) is 10.0 Å². The van der Waals surface area contributed by atoms with Crippen LogP contribution in [0.2, 0.25) is 0 Å². The summed E-state index contributed by atoms with van der Waals surface area (Å²) in [6.07, 6.45) is 2.32. The van der Waals surface area contributed by atoms with E-state index >= 15 is 0 Å². The van der Waals surface area contributed by atoms with Gasteiger partial charge >= 0.3 is 0 Å². The fourth-order valence-corrected chi connectivity index (χ4v) is 6.23. The van der Waals surface area contributed by atoms with E-state index in [1.165, 1.54) is 22.7 Å². The van der Waals surface area contributed by atoms with E-state index in [0.29, 0.717) is 15.9 Å². The van der Waals surface area contributed by atoms with Gasteiger partial charge in [0.15, 0.2) is 5.13 Å². The average molecular weight is 379 g/mol. The van der Waals surface area contributed by atoms with Crippen molar-refractivity contribution >= 4 is 53.8 Å². The predicted octanol–water partition coefficient (Wildman–Crippen LogP) is 3.95. The molecule has 0 aliphatic heterocycles. The molecule has 0 spiro atoms. The first-order valence-corrected chi connectivity index (χ1v) is 9.67. The van der Waals surface area contributed by atoms with Crippen LogP contribution >= 0.6 is 38.6 Å². The average Bonchev–Trinajstić information content (AvgIpc) is 2.97. The molecule has 0 bridgehead atoms. The lowest BCUT2D eigenvalue weighted by molar-refractivity contribution is 0.601. The summed E-state index contributed by atoms with van der Waals surface area (Å²) >= 11 is 6.06. The van der Waals surface area contributed by atoms with Crippen molar-refractivity contribution in [2.45, 2.75) is 30.6 Å². The van der Waals surface area contributed by atoms with Crippen LogP contribution in [0, 0.1) is 6.92 Å². The SMILES string of the molecule is Cc1sc(Br)cc1S(=O)(=O)Nc1nc(C2CC2)cs1. The molecular weight excluding hydrogens is 368 g/mol. The highest BCUT2D eigenvalue weighted by Gasteiger charge is 2.27. The number of nitrogens with one attached hydrogen (secondary N) is 1. The highest BCUT2D eigenvalue weighted by molar-refractivity contribution is 9.11. The number of anilines is 1. The topological polar surface area (TPSA) is 59.1 Å². The van der Waals surface area contributed by atoms with Crippen molar-refractivity contribution in [3.8, 4) is 0 Å². The number of halogens is 1. The summed E-state index contributed by atoms with van der Waals surface area (Å²) < 4.78 is 27.9. The number of rotatable bonds is 4. The molecule has 2 aromatic heterocycles. The van der Waals surface area contributed by atoms with Gasteiger partial charge in [0.1, 0.15) is 4.90 Å². The summed E-state index contributed by atoms with van der Waals surface area (Å²) in [6.45, 7) is 1.79. The smallest absolute Gasteiger partial charge is 0.255 e. The van der Waals surface area contributed by atoms with Crippen molar-refractivity contribution in [3.05, 3.63) is 25.8 Å². The summed E-state index contributed by atoms with van der Waals surface area (Å²) in [7, 11) is -3.54. The second-order valence-electron chi connectivity index (χ2n) is 4.43. The Morgan fingerprint density at radius 2 is 2.21 bits per heavy atom. The van der Waals surface area contributed by atoms with Gasteiger partial charge in [-0.2, -0.15) is 0 Å². The molecule has 0 atom stereocenters. The zero-order valence-corrected chi connectivity index (χ0v) is 14.0. The van der Waals surface area contributed by atoms with Crippen LogP contribution in [0.5, 0.6) is 0 Å². The number of thiophene rings is 1. The number of nitrogens with zero attached hydrogens (tertiary/aromatic N) is 1. The first kappa shape index (κ1) is 13.5. The van der Waals surface area contributed by atoms with Crippen LogP contribution < -0.4 is 4.72 Å². The molecular formula is C11H11BrN2O2S3. The number of aryl methyl sites for hydroxylation is 1. The molecule has 0 aromatic carbocycles. The van der Waals surface area contributed by atoms with E-state index < -0.39 is 10.0 Å². The highest BCUT2D eigenvalue weighted by atomic mass is 79.9. The zero-order valence-electron chi connectivity index (χ0n) is 10.0. The molecule has 0 unspecified atom stereocenters. The van der Waals surface area contributed by atoms with E-state index in [2.05, 4.69) is 25.6 Å². The third-order valence-corrected chi connectivity index (χ3v) is 6.92. The molecule has 8 heteroatoms. The number of aromatic nitrogens is 1. The van der Waals surface area contributed by atoms with Crippen LogP contribution in [0.3, 0.4) is 0 Å². The van der Waals surface area contributed by atoms with Gasteiger partial charge in [-0.25, -0.2) is 13.4 Å². The first-order valence-electron chi connectivity index (χ1n) is 5.70.